The van der Waals surface area contributed by atoms with E-state index in [2.05, 4.69) is 10.2 Å². The highest BCUT2D eigenvalue weighted by Gasteiger charge is 2.36. The van der Waals surface area contributed by atoms with Crippen LogP contribution in [0, 0.1) is 0 Å². The molecular weight excluding hydrogens is 346 g/mol. The molecule has 0 unspecified atom stereocenters. The average molecular weight is 368 g/mol. The molecule has 0 spiro atoms. The van der Waals surface area contributed by atoms with Gasteiger partial charge in [0.05, 0.1) is 17.0 Å². The molecule has 0 amide bonds. The smallest absolute Gasteiger partial charge is 0.216 e. The van der Waals surface area contributed by atoms with Gasteiger partial charge in [-0.05, 0) is 49.3 Å². The summed E-state index contributed by atoms with van der Waals surface area (Å²) in [5.74, 6) is 0.332. The summed E-state index contributed by atoms with van der Waals surface area (Å²) >= 11 is 6.23. The van der Waals surface area contributed by atoms with E-state index in [9.17, 15) is 8.42 Å². The van der Waals surface area contributed by atoms with Crippen molar-refractivity contribution < 1.29 is 8.42 Å². The van der Waals surface area contributed by atoms with Crippen LogP contribution in [-0.4, -0.2) is 41.3 Å². The number of aromatic amines is 1. The molecule has 24 heavy (non-hydrogen) atoms. The minimum Gasteiger partial charge on any atom is -0.278 e. The topological polar surface area (TPSA) is 66.1 Å². The highest BCUT2D eigenvalue weighted by Crippen LogP contribution is 2.36. The molecule has 1 aliphatic carbocycles. The number of fused-ring (bicyclic) bond motifs is 1. The number of piperidine rings is 1. The number of benzene rings is 1. The molecule has 2 aliphatic rings. The molecular formula is C17H22ClN3O2S. The maximum atomic E-state index is 12.7. The van der Waals surface area contributed by atoms with Gasteiger partial charge in [-0.2, -0.15) is 5.10 Å². The summed E-state index contributed by atoms with van der Waals surface area (Å²) in [7, 11) is -3.12. The van der Waals surface area contributed by atoms with E-state index in [4.69, 9.17) is 11.6 Å². The SMILES string of the molecule is O=S(=O)(C1CCCC1)N1CCC(c2cc(Cl)cc3[nH]ncc23)CC1. The van der Waals surface area contributed by atoms with E-state index in [0.717, 1.165) is 49.4 Å². The zero-order valence-corrected chi connectivity index (χ0v) is 15.1. The van der Waals surface area contributed by atoms with Crippen molar-refractivity contribution >= 4 is 32.5 Å². The van der Waals surface area contributed by atoms with E-state index < -0.39 is 10.0 Å². The number of rotatable bonds is 3. The molecule has 4 rings (SSSR count). The number of sulfonamides is 1. The predicted octanol–water partition coefficient (Wildman–Crippen LogP) is 3.67. The molecule has 1 saturated heterocycles. The number of halogens is 1. The van der Waals surface area contributed by atoms with Crippen molar-refractivity contribution in [2.24, 2.45) is 0 Å². The van der Waals surface area contributed by atoms with Gasteiger partial charge >= 0.3 is 0 Å². The number of nitrogens with zero attached hydrogens (tertiary/aromatic N) is 2. The van der Waals surface area contributed by atoms with E-state index in [1.165, 1.54) is 5.56 Å². The third-order valence-electron chi connectivity index (χ3n) is 5.53. The fourth-order valence-electron chi connectivity index (χ4n) is 4.20. The fourth-order valence-corrected chi connectivity index (χ4v) is 6.50. The van der Waals surface area contributed by atoms with E-state index in [1.54, 1.807) is 4.31 Å². The van der Waals surface area contributed by atoms with Gasteiger partial charge in [-0.1, -0.05) is 24.4 Å². The summed E-state index contributed by atoms with van der Waals surface area (Å²) in [6, 6.07) is 3.89. The van der Waals surface area contributed by atoms with Gasteiger partial charge in [-0.3, -0.25) is 5.10 Å². The van der Waals surface area contributed by atoms with Gasteiger partial charge in [0.15, 0.2) is 0 Å². The number of hydrogen-bond donors (Lipinski definition) is 1. The van der Waals surface area contributed by atoms with Crippen molar-refractivity contribution in [3.8, 4) is 0 Å². The fraction of sp³-hybridized carbons (Fsp3) is 0.588. The van der Waals surface area contributed by atoms with E-state index in [-0.39, 0.29) is 5.25 Å². The molecule has 1 aromatic carbocycles. The maximum Gasteiger partial charge on any atom is 0.216 e. The van der Waals surface area contributed by atoms with Crippen LogP contribution in [0.15, 0.2) is 18.3 Å². The quantitative estimate of drug-likeness (QED) is 0.900. The zero-order valence-electron chi connectivity index (χ0n) is 13.5. The highest BCUT2D eigenvalue weighted by molar-refractivity contribution is 7.89. The Morgan fingerprint density at radius 1 is 1.12 bits per heavy atom. The van der Waals surface area contributed by atoms with Crippen molar-refractivity contribution in [2.45, 2.75) is 49.7 Å². The van der Waals surface area contributed by atoms with Crippen LogP contribution >= 0.6 is 11.6 Å². The first-order valence-corrected chi connectivity index (χ1v) is 10.6. The standard InChI is InChI=1S/C17H22ClN3O2S/c18-13-9-15(16-11-19-20-17(16)10-13)12-5-7-21(8-6-12)24(22,23)14-3-1-2-4-14/h9-12,14H,1-8H2,(H,19,20). The van der Waals surface area contributed by atoms with Crippen molar-refractivity contribution in [3.05, 3.63) is 28.9 Å². The first-order chi connectivity index (χ1) is 11.6. The molecule has 7 heteroatoms. The Hall–Kier alpha value is -1.11. The monoisotopic (exact) mass is 367 g/mol. The molecule has 5 nitrogen and oxygen atoms in total. The molecule has 130 valence electrons. The second-order valence-corrected chi connectivity index (χ2v) is 9.60. The molecule has 0 radical (unpaired) electrons. The number of aromatic nitrogens is 2. The zero-order chi connectivity index (χ0) is 16.7. The summed E-state index contributed by atoms with van der Waals surface area (Å²) < 4.78 is 27.2. The Labute approximate surface area is 147 Å². The van der Waals surface area contributed by atoms with Crippen molar-refractivity contribution in [1.82, 2.24) is 14.5 Å². The number of H-pyrrole nitrogens is 1. The van der Waals surface area contributed by atoms with Gasteiger partial charge in [-0.25, -0.2) is 12.7 Å². The van der Waals surface area contributed by atoms with Crippen molar-refractivity contribution in [2.75, 3.05) is 13.1 Å². The first-order valence-electron chi connectivity index (χ1n) is 8.67. The third-order valence-corrected chi connectivity index (χ3v) is 8.15. The molecule has 2 fully saturated rings. The molecule has 2 heterocycles. The largest absolute Gasteiger partial charge is 0.278 e. The molecule has 1 N–H and O–H groups in total. The molecule has 1 aliphatic heterocycles. The summed E-state index contributed by atoms with van der Waals surface area (Å²) in [4.78, 5) is 0. The lowest BCUT2D eigenvalue weighted by atomic mass is 9.88. The van der Waals surface area contributed by atoms with Crippen LogP contribution in [-0.2, 0) is 10.0 Å². The van der Waals surface area contributed by atoms with Gasteiger partial charge in [-0.15, -0.1) is 0 Å². The molecule has 2 aromatic rings. The van der Waals surface area contributed by atoms with Crippen LogP contribution < -0.4 is 0 Å². The van der Waals surface area contributed by atoms with Gasteiger partial charge in [0.2, 0.25) is 10.0 Å². The predicted molar refractivity (Wildman–Crippen MR) is 95.8 cm³/mol. The molecule has 1 saturated carbocycles. The Kier molecular flexibility index (Phi) is 4.31. The second kappa shape index (κ2) is 6.32. The summed E-state index contributed by atoms with van der Waals surface area (Å²) in [6.07, 6.45) is 7.25. The summed E-state index contributed by atoms with van der Waals surface area (Å²) in [6.45, 7) is 1.21. The van der Waals surface area contributed by atoms with Crippen molar-refractivity contribution in [3.63, 3.8) is 0 Å². The lowest BCUT2D eigenvalue weighted by Gasteiger charge is -2.33. The maximum absolute atomic E-state index is 12.7. The van der Waals surface area contributed by atoms with E-state index >= 15 is 0 Å². The summed E-state index contributed by atoms with van der Waals surface area (Å²) in [5.41, 5.74) is 2.13. The Balaban J connectivity index is 1.52. The molecule has 1 aromatic heterocycles. The van der Waals surface area contributed by atoms with Gasteiger partial charge in [0.1, 0.15) is 0 Å². The Bertz CT molecular complexity index is 835. The van der Waals surface area contributed by atoms with Crippen LogP contribution in [0.2, 0.25) is 5.02 Å². The molecule has 0 atom stereocenters. The van der Waals surface area contributed by atoms with Crippen LogP contribution in [0.25, 0.3) is 10.9 Å². The Morgan fingerprint density at radius 3 is 2.54 bits per heavy atom. The lowest BCUT2D eigenvalue weighted by Crippen LogP contribution is -2.42. The third kappa shape index (κ3) is 2.85. The van der Waals surface area contributed by atoms with Crippen LogP contribution in [0.1, 0.15) is 50.0 Å². The van der Waals surface area contributed by atoms with Crippen molar-refractivity contribution in [1.29, 1.82) is 0 Å². The van der Waals surface area contributed by atoms with Crippen LogP contribution in [0.4, 0.5) is 0 Å². The minimum absolute atomic E-state index is 0.152. The normalized spacial score (nSPS) is 21.7. The highest BCUT2D eigenvalue weighted by atomic mass is 35.5. The number of hydrogen-bond acceptors (Lipinski definition) is 3. The lowest BCUT2D eigenvalue weighted by molar-refractivity contribution is 0.316. The van der Waals surface area contributed by atoms with Gasteiger partial charge in [0, 0.05) is 23.5 Å². The van der Waals surface area contributed by atoms with Gasteiger partial charge < -0.3 is 0 Å². The van der Waals surface area contributed by atoms with E-state index in [0.29, 0.717) is 24.0 Å². The minimum atomic E-state index is -3.12. The summed E-state index contributed by atoms with van der Waals surface area (Å²) in [5, 5.41) is 8.72. The van der Waals surface area contributed by atoms with Gasteiger partial charge in [0.25, 0.3) is 0 Å². The number of nitrogens with one attached hydrogen (secondary N) is 1. The average Bonchev–Trinajstić information content (AvgIpc) is 3.25. The van der Waals surface area contributed by atoms with Crippen LogP contribution in [0.5, 0.6) is 0 Å². The molecule has 0 bridgehead atoms. The Morgan fingerprint density at radius 2 is 1.83 bits per heavy atom. The first kappa shape index (κ1) is 16.4. The van der Waals surface area contributed by atoms with Crippen LogP contribution in [0.3, 0.4) is 0 Å². The van der Waals surface area contributed by atoms with E-state index in [1.807, 2.05) is 18.3 Å². The second-order valence-electron chi connectivity index (χ2n) is 6.95.